The standard InChI is InChI=1S/C54H104N2O6/c1-7-13-17-21-25-29-38-50(39-30-26-22-18-14-8-2)61-52(57)42-33-36-48-46-56(54(59)60-45-35-44-55(11-5)12-6)47-49(48)37-34-43-53(58)62-51(40-31-27-23-19-15-9-3)41-32-28-24-20-16-10-4/h48-51H,7-47H2,1-6H3. The number of carbonyl (C=O) groups excluding carboxylic acids is 3. The summed E-state index contributed by atoms with van der Waals surface area (Å²) in [4.78, 5) is 44.1. The molecule has 1 heterocycles. The molecule has 1 rings (SSSR count). The molecule has 1 aliphatic rings. The molecule has 0 bridgehead atoms. The second-order valence-corrected chi connectivity index (χ2v) is 19.2. The Labute approximate surface area is 384 Å². The molecule has 1 saturated heterocycles. The summed E-state index contributed by atoms with van der Waals surface area (Å²) in [5.41, 5.74) is 0. The highest BCUT2D eigenvalue weighted by atomic mass is 16.6. The first-order valence-corrected chi connectivity index (χ1v) is 27.3. The lowest BCUT2D eigenvalue weighted by molar-refractivity contribution is -0.151. The molecule has 0 N–H and O–H groups in total. The van der Waals surface area contributed by atoms with Crippen LogP contribution in [0, 0.1) is 11.8 Å². The molecule has 8 heteroatoms. The van der Waals surface area contributed by atoms with Crippen LogP contribution in [0.5, 0.6) is 0 Å². The molecule has 1 amide bonds. The van der Waals surface area contributed by atoms with Gasteiger partial charge in [-0.1, -0.05) is 170 Å². The van der Waals surface area contributed by atoms with Crippen LogP contribution in [-0.4, -0.2) is 79.4 Å². The maximum atomic E-state index is 13.3. The number of hydrogen-bond donors (Lipinski definition) is 0. The Bertz CT molecular complexity index is 940. The van der Waals surface area contributed by atoms with Crippen LogP contribution in [0.3, 0.4) is 0 Å². The molecule has 2 atom stereocenters. The zero-order valence-corrected chi connectivity index (χ0v) is 42.1. The van der Waals surface area contributed by atoms with Crippen molar-refractivity contribution in [3.8, 4) is 0 Å². The molecular weight excluding hydrogens is 773 g/mol. The lowest BCUT2D eigenvalue weighted by Gasteiger charge is -2.20. The molecule has 62 heavy (non-hydrogen) atoms. The Morgan fingerprint density at radius 3 is 1.15 bits per heavy atom. The van der Waals surface area contributed by atoms with E-state index in [9.17, 15) is 14.4 Å². The Balaban J connectivity index is 2.80. The van der Waals surface area contributed by atoms with Crippen LogP contribution >= 0.6 is 0 Å². The van der Waals surface area contributed by atoms with Crippen molar-refractivity contribution < 1.29 is 28.6 Å². The first-order chi connectivity index (χ1) is 30.3. The van der Waals surface area contributed by atoms with Gasteiger partial charge in [0.15, 0.2) is 0 Å². The number of carbonyl (C=O) groups is 3. The molecule has 8 nitrogen and oxygen atoms in total. The Morgan fingerprint density at radius 1 is 0.468 bits per heavy atom. The van der Waals surface area contributed by atoms with Crippen molar-refractivity contribution in [3.63, 3.8) is 0 Å². The van der Waals surface area contributed by atoms with Crippen LogP contribution in [0.2, 0.25) is 0 Å². The average Bonchev–Trinajstić information content (AvgIpc) is 3.67. The van der Waals surface area contributed by atoms with Crippen molar-refractivity contribution in [1.82, 2.24) is 9.80 Å². The Morgan fingerprint density at radius 2 is 0.806 bits per heavy atom. The van der Waals surface area contributed by atoms with Crippen LogP contribution in [0.15, 0.2) is 0 Å². The summed E-state index contributed by atoms with van der Waals surface area (Å²) in [5, 5.41) is 0. The van der Waals surface area contributed by atoms with E-state index in [0.717, 1.165) is 103 Å². The van der Waals surface area contributed by atoms with E-state index in [1.165, 1.54) is 128 Å². The minimum atomic E-state index is -0.227. The quantitative estimate of drug-likeness (QED) is 0.0342. The van der Waals surface area contributed by atoms with E-state index in [2.05, 4.69) is 46.4 Å². The summed E-state index contributed by atoms with van der Waals surface area (Å²) in [6, 6.07) is 0. The number of ether oxygens (including phenoxy) is 3. The van der Waals surface area contributed by atoms with Gasteiger partial charge in [-0.25, -0.2) is 4.79 Å². The number of rotatable bonds is 44. The van der Waals surface area contributed by atoms with Gasteiger partial charge in [0.25, 0.3) is 0 Å². The maximum absolute atomic E-state index is 13.3. The number of likely N-dealkylation sites (tertiary alicyclic amines) is 1. The van der Waals surface area contributed by atoms with E-state index in [1.807, 2.05) is 4.90 Å². The molecule has 366 valence electrons. The summed E-state index contributed by atoms with van der Waals surface area (Å²) in [6.07, 6.45) is 38.6. The zero-order chi connectivity index (χ0) is 45.3. The number of unbranched alkanes of at least 4 members (excludes halogenated alkanes) is 20. The lowest BCUT2D eigenvalue weighted by Crippen LogP contribution is -2.31. The molecule has 0 aromatic carbocycles. The zero-order valence-electron chi connectivity index (χ0n) is 42.1. The minimum absolute atomic E-state index is 0.0296. The minimum Gasteiger partial charge on any atom is -0.462 e. The first-order valence-electron chi connectivity index (χ1n) is 27.3. The molecular formula is C54H104N2O6. The summed E-state index contributed by atoms with van der Waals surface area (Å²) >= 11 is 0. The third-order valence-corrected chi connectivity index (χ3v) is 13.6. The second-order valence-electron chi connectivity index (χ2n) is 19.2. The molecule has 0 aromatic rings. The lowest BCUT2D eigenvalue weighted by atomic mass is 9.87. The van der Waals surface area contributed by atoms with E-state index in [0.29, 0.717) is 32.5 Å². The molecule has 0 spiro atoms. The highest BCUT2D eigenvalue weighted by Gasteiger charge is 2.35. The van der Waals surface area contributed by atoms with Gasteiger partial charge in [0.05, 0.1) is 6.61 Å². The first kappa shape index (κ1) is 58.2. The van der Waals surface area contributed by atoms with Gasteiger partial charge in [-0.15, -0.1) is 0 Å². The van der Waals surface area contributed by atoms with Gasteiger partial charge in [0, 0.05) is 32.5 Å². The molecule has 0 saturated carbocycles. The number of amides is 1. The van der Waals surface area contributed by atoms with E-state index < -0.39 is 0 Å². The van der Waals surface area contributed by atoms with E-state index in [4.69, 9.17) is 14.2 Å². The number of hydrogen-bond acceptors (Lipinski definition) is 7. The van der Waals surface area contributed by atoms with Gasteiger partial charge >= 0.3 is 18.0 Å². The summed E-state index contributed by atoms with van der Waals surface area (Å²) in [6.45, 7) is 18.0. The third-order valence-electron chi connectivity index (χ3n) is 13.6. The Hall–Kier alpha value is -1.83. The van der Waals surface area contributed by atoms with Gasteiger partial charge in [0.1, 0.15) is 12.2 Å². The molecule has 1 aliphatic heterocycles. The van der Waals surface area contributed by atoms with E-state index >= 15 is 0 Å². The normalized spacial score (nSPS) is 15.3. The summed E-state index contributed by atoms with van der Waals surface area (Å²) < 4.78 is 18.1. The fraction of sp³-hybridized carbons (Fsp3) is 0.944. The largest absolute Gasteiger partial charge is 0.462 e. The second kappa shape index (κ2) is 41.8. The van der Waals surface area contributed by atoms with Crippen molar-refractivity contribution in [1.29, 1.82) is 0 Å². The molecule has 0 radical (unpaired) electrons. The van der Waals surface area contributed by atoms with Gasteiger partial charge in [-0.3, -0.25) is 9.59 Å². The molecule has 2 unspecified atom stereocenters. The Kier molecular flexibility index (Phi) is 39.3. The van der Waals surface area contributed by atoms with Crippen LogP contribution in [0.1, 0.15) is 266 Å². The van der Waals surface area contributed by atoms with Crippen LogP contribution in [-0.2, 0) is 23.8 Å². The summed E-state index contributed by atoms with van der Waals surface area (Å²) in [5.74, 6) is 0.421. The van der Waals surface area contributed by atoms with E-state index in [-0.39, 0.29) is 42.1 Å². The van der Waals surface area contributed by atoms with Crippen molar-refractivity contribution in [2.75, 3.05) is 39.3 Å². The summed E-state index contributed by atoms with van der Waals surface area (Å²) in [7, 11) is 0. The van der Waals surface area contributed by atoms with Crippen LogP contribution in [0.25, 0.3) is 0 Å². The topological polar surface area (TPSA) is 85.4 Å². The van der Waals surface area contributed by atoms with Crippen LogP contribution in [0.4, 0.5) is 4.79 Å². The van der Waals surface area contributed by atoms with Gasteiger partial charge in [-0.2, -0.15) is 0 Å². The van der Waals surface area contributed by atoms with Crippen molar-refractivity contribution in [2.24, 2.45) is 11.8 Å². The fourth-order valence-electron chi connectivity index (χ4n) is 9.46. The number of nitrogens with zero attached hydrogens (tertiary/aromatic N) is 2. The van der Waals surface area contributed by atoms with Crippen molar-refractivity contribution in [3.05, 3.63) is 0 Å². The van der Waals surface area contributed by atoms with Crippen molar-refractivity contribution in [2.45, 2.75) is 278 Å². The van der Waals surface area contributed by atoms with Gasteiger partial charge < -0.3 is 24.0 Å². The fourth-order valence-corrected chi connectivity index (χ4v) is 9.46. The van der Waals surface area contributed by atoms with Gasteiger partial charge in [-0.05, 0) is 108 Å². The van der Waals surface area contributed by atoms with Crippen molar-refractivity contribution >= 4 is 18.0 Å². The average molecular weight is 877 g/mol. The predicted octanol–water partition coefficient (Wildman–Crippen LogP) is 15.6. The molecule has 0 aliphatic carbocycles. The third kappa shape index (κ3) is 31.9. The highest BCUT2D eigenvalue weighted by molar-refractivity contribution is 5.70. The number of esters is 2. The predicted molar refractivity (Wildman–Crippen MR) is 262 cm³/mol. The van der Waals surface area contributed by atoms with Gasteiger partial charge in [0.2, 0.25) is 0 Å². The SMILES string of the molecule is CCCCCCCCC(CCCCCCCC)OC(=O)CCCC1CN(C(=O)OCCCN(CC)CC)CC1CCCC(=O)OC(CCCCCCCC)CCCCCCCC. The van der Waals surface area contributed by atoms with E-state index in [1.54, 1.807) is 0 Å². The van der Waals surface area contributed by atoms with Crippen LogP contribution < -0.4 is 0 Å². The molecule has 0 aromatic heterocycles. The molecule has 1 fully saturated rings. The highest BCUT2D eigenvalue weighted by Crippen LogP contribution is 2.33. The monoisotopic (exact) mass is 877 g/mol. The smallest absolute Gasteiger partial charge is 0.409 e. The maximum Gasteiger partial charge on any atom is 0.409 e.